The molecule has 0 aromatic heterocycles. The lowest BCUT2D eigenvalue weighted by molar-refractivity contribution is -0.149. The van der Waals surface area contributed by atoms with E-state index in [0.29, 0.717) is 32.4 Å². The number of rotatable bonds is 7. The number of carboxylic acids is 1. The quantitative estimate of drug-likeness (QED) is 0.638. The lowest BCUT2D eigenvalue weighted by Crippen LogP contribution is -2.50. The first-order chi connectivity index (χ1) is 10.1. The molecular weight excluding hydrogens is 276 g/mol. The number of carbonyl (C=O) groups is 2. The standard InChI is InChI=1S/C14H24N2O5/c17-8-2-7-16(10-3-1-4-10)14(20)15-9-11-5-6-12(21-11)13(18)19/h10-12,17H,1-9H2,(H,15,20)(H,18,19). The maximum Gasteiger partial charge on any atom is 0.332 e. The zero-order valence-electron chi connectivity index (χ0n) is 12.2. The number of carbonyl (C=O) groups excluding carboxylic acids is 1. The van der Waals surface area contributed by atoms with Gasteiger partial charge in [-0.05, 0) is 38.5 Å². The molecule has 7 nitrogen and oxygen atoms in total. The van der Waals surface area contributed by atoms with E-state index in [1.165, 1.54) is 0 Å². The van der Waals surface area contributed by atoms with Crippen molar-refractivity contribution < 1.29 is 24.5 Å². The van der Waals surface area contributed by atoms with Gasteiger partial charge in [-0.1, -0.05) is 0 Å². The van der Waals surface area contributed by atoms with Gasteiger partial charge in [0.25, 0.3) is 0 Å². The molecule has 1 saturated heterocycles. The molecular formula is C14H24N2O5. The fourth-order valence-electron chi connectivity index (χ4n) is 2.73. The van der Waals surface area contributed by atoms with Crippen molar-refractivity contribution in [3.8, 4) is 0 Å². The molecule has 2 rings (SSSR count). The van der Waals surface area contributed by atoms with Gasteiger partial charge in [0.1, 0.15) is 0 Å². The summed E-state index contributed by atoms with van der Waals surface area (Å²) in [5.41, 5.74) is 0. The Bertz CT molecular complexity index is 372. The van der Waals surface area contributed by atoms with Crippen LogP contribution in [-0.4, -0.2) is 65.1 Å². The molecule has 7 heteroatoms. The van der Waals surface area contributed by atoms with Crippen LogP contribution in [0.15, 0.2) is 0 Å². The van der Waals surface area contributed by atoms with Crippen LogP contribution >= 0.6 is 0 Å². The number of amides is 2. The van der Waals surface area contributed by atoms with Crippen LogP contribution in [0.5, 0.6) is 0 Å². The summed E-state index contributed by atoms with van der Waals surface area (Å²) in [5, 5.41) is 20.6. The molecule has 120 valence electrons. The molecule has 21 heavy (non-hydrogen) atoms. The minimum atomic E-state index is -0.942. The van der Waals surface area contributed by atoms with Crippen LogP contribution < -0.4 is 5.32 Å². The fraction of sp³-hybridized carbons (Fsp3) is 0.857. The Hall–Kier alpha value is -1.34. The van der Waals surface area contributed by atoms with Crippen molar-refractivity contribution in [3.05, 3.63) is 0 Å². The number of aliphatic carboxylic acids is 1. The first-order valence-corrected chi connectivity index (χ1v) is 7.65. The van der Waals surface area contributed by atoms with Gasteiger partial charge in [0.15, 0.2) is 6.10 Å². The van der Waals surface area contributed by atoms with Gasteiger partial charge in [-0.15, -0.1) is 0 Å². The van der Waals surface area contributed by atoms with Gasteiger partial charge >= 0.3 is 12.0 Å². The normalized spacial score (nSPS) is 25.4. The average Bonchev–Trinajstić information content (AvgIpc) is 2.87. The summed E-state index contributed by atoms with van der Waals surface area (Å²) < 4.78 is 5.36. The summed E-state index contributed by atoms with van der Waals surface area (Å²) in [6.45, 7) is 0.962. The van der Waals surface area contributed by atoms with Crippen LogP contribution in [0.2, 0.25) is 0 Å². The summed E-state index contributed by atoms with van der Waals surface area (Å²) in [7, 11) is 0. The highest BCUT2D eigenvalue weighted by Gasteiger charge is 2.32. The van der Waals surface area contributed by atoms with Crippen LogP contribution in [0.4, 0.5) is 4.79 Å². The molecule has 2 aliphatic rings. The predicted molar refractivity (Wildman–Crippen MR) is 75.0 cm³/mol. The molecule has 1 saturated carbocycles. The van der Waals surface area contributed by atoms with Crippen LogP contribution in [0, 0.1) is 0 Å². The molecule has 3 N–H and O–H groups in total. The van der Waals surface area contributed by atoms with Gasteiger partial charge in [-0.25, -0.2) is 9.59 Å². The molecule has 0 aromatic rings. The fourth-order valence-corrected chi connectivity index (χ4v) is 2.73. The highest BCUT2D eigenvalue weighted by atomic mass is 16.5. The maximum absolute atomic E-state index is 12.2. The summed E-state index contributed by atoms with van der Waals surface area (Å²) in [6, 6.07) is 0.128. The number of nitrogens with zero attached hydrogens (tertiary/aromatic N) is 1. The van der Waals surface area contributed by atoms with E-state index in [9.17, 15) is 9.59 Å². The van der Waals surface area contributed by atoms with Gasteiger partial charge < -0.3 is 25.2 Å². The molecule has 1 heterocycles. The molecule has 2 unspecified atom stereocenters. The first kappa shape index (κ1) is 16.0. The van der Waals surface area contributed by atoms with E-state index >= 15 is 0 Å². The second kappa shape index (κ2) is 7.61. The van der Waals surface area contributed by atoms with Gasteiger partial charge in [-0.3, -0.25) is 0 Å². The number of aliphatic hydroxyl groups is 1. The number of aliphatic hydroxyl groups excluding tert-OH is 1. The van der Waals surface area contributed by atoms with Gasteiger partial charge in [-0.2, -0.15) is 0 Å². The number of hydrogen-bond donors (Lipinski definition) is 3. The monoisotopic (exact) mass is 300 g/mol. The van der Waals surface area contributed by atoms with Crippen molar-refractivity contribution in [2.45, 2.75) is 56.8 Å². The maximum atomic E-state index is 12.2. The van der Waals surface area contributed by atoms with Gasteiger partial charge in [0.2, 0.25) is 0 Å². The highest BCUT2D eigenvalue weighted by Crippen LogP contribution is 2.25. The van der Waals surface area contributed by atoms with E-state index in [1.54, 1.807) is 4.90 Å². The Morgan fingerprint density at radius 2 is 2.00 bits per heavy atom. The van der Waals surface area contributed by atoms with Crippen molar-refractivity contribution in [3.63, 3.8) is 0 Å². The Labute approximate surface area is 124 Å². The third-order valence-corrected chi connectivity index (χ3v) is 4.20. The van der Waals surface area contributed by atoms with Gasteiger partial charge in [0.05, 0.1) is 6.10 Å². The summed E-state index contributed by atoms with van der Waals surface area (Å²) in [6.07, 6.45) is 3.91. The Kier molecular flexibility index (Phi) is 5.81. The van der Waals surface area contributed by atoms with E-state index < -0.39 is 12.1 Å². The minimum absolute atomic E-state index is 0.0720. The van der Waals surface area contributed by atoms with E-state index in [-0.39, 0.29) is 24.8 Å². The average molecular weight is 300 g/mol. The zero-order valence-corrected chi connectivity index (χ0v) is 12.2. The third kappa shape index (κ3) is 4.31. The summed E-state index contributed by atoms with van der Waals surface area (Å²) in [4.78, 5) is 24.8. The largest absolute Gasteiger partial charge is 0.479 e. The lowest BCUT2D eigenvalue weighted by atomic mass is 9.91. The third-order valence-electron chi connectivity index (χ3n) is 4.20. The van der Waals surface area contributed by atoms with Crippen molar-refractivity contribution in [1.29, 1.82) is 0 Å². The predicted octanol–water partition coefficient (Wildman–Crippen LogP) is 0.565. The molecule has 1 aliphatic heterocycles. The SMILES string of the molecule is O=C(O)C1CCC(CNC(=O)N(CCCO)C2CCC2)O1. The van der Waals surface area contributed by atoms with E-state index in [1.807, 2.05) is 0 Å². The zero-order chi connectivity index (χ0) is 15.2. The molecule has 0 bridgehead atoms. The molecule has 0 aromatic carbocycles. The van der Waals surface area contributed by atoms with E-state index in [2.05, 4.69) is 5.32 Å². The molecule has 2 amide bonds. The molecule has 0 radical (unpaired) electrons. The Morgan fingerprint density at radius 1 is 1.24 bits per heavy atom. The Morgan fingerprint density at radius 3 is 2.52 bits per heavy atom. The topological polar surface area (TPSA) is 99.1 Å². The molecule has 0 spiro atoms. The molecule has 2 atom stereocenters. The molecule has 2 fully saturated rings. The second-order valence-corrected chi connectivity index (χ2v) is 5.70. The minimum Gasteiger partial charge on any atom is -0.479 e. The summed E-state index contributed by atoms with van der Waals surface area (Å²) >= 11 is 0. The Balaban J connectivity index is 1.75. The number of hydrogen-bond acceptors (Lipinski definition) is 4. The lowest BCUT2D eigenvalue weighted by Gasteiger charge is -2.37. The van der Waals surface area contributed by atoms with Gasteiger partial charge in [0, 0.05) is 25.7 Å². The highest BCUT2D eigenvalue weighted by molar-refractivity contribution is 5.75. The van der Waals surface area contributed by atoms with Crippen LogP contribution in [0.25, 0.3) is 0 Å². The van der Waals surface area contributed by atoms with E-state index in [0.717, 1.165) is 19.3 Å². The van der Waals surface area contributed by atoms with Crippen LogP contribution in [0.1, 0.15) is 38.5 Å². The first-order valence-electron chi connectivity index (χ1n) is 7.65. The van der Waals surface area contributed by atoms with E-state index in [4.69, 9.17) is 14.9 Å². The number of urea groups is 1. The van der Waals surface area contributed by atoms with Crippen LogP contribution in [0.3, 0.4) is 0 Å². The molecule has 1 aliphatic carbocycles. The second-order valence-electron chi connectivity index (χ2n) is 5.70. The van der Waals surface area contributed by atoms with Crippen molar-refractivity contribution in [2.75, 3.05) is 19.7 Å². The van der Waals surface area contributed by atoms with Crippen LogP contribution in [-0.2, 0) is 9.53 Å². The summed E-state index contributed by atoms with van der Waals surface area (Å²) in [5.74, 6) is -0.942. The number of ether oxygens (including phenoxy) is 1. The van der Waals surface area contributed by atoms with Crippen molar-refractivity contribution in [2.24, 2.45) is 0 Å². The smallest absolute Gasteiger partial charge is 0.332 e. The van der Waals surface area contributed by atoms with Crippen molar-refractivity contribution in [1.82, 2.24) is 10.2 Å². The van der Waals surface area contributed by atoms with Crippen molar-refractivity contribution >= 4 is 12.0 Å². The number of carboxylic acid groups (broad SMARTS) is 1. The number of nitrogens with one attached hydrogen (secondary N) is 1.